The molecule has 0 spiro atoms. The van der Waals surface area contributed by atoms with Crippen molar-refractivity contribution in [1.29, 1.82) is 0 Å². The molecule has 0 atom stereocenters. The fourth-order valence-corrected chi connectivity index (χ4v) is 2.10. The van der Waals surface area contributed by atoms with E-state index < -0.39 is 5.97 Å². The van der Waals surface area contributed by atoms with Crippen LogP contribution in [0.15, 0.2) is 29.7 Å². The summed E-state index contributed by atoms with van der Waals surface area (Å²) in [5, 5.41) is 2.98. The van der Waals surface area contributed by atoms with Gasteiger partial charge in [-0.3, -0.25) is 4.79 Å². The van der Waals surface area contributed by atoms with Gasteiger partial charge in [-0.05, 0) is 44.0 Å². The Kier molecular flexibility index (Phi) is 4.08. The lowest BCUT2D eigenvalue weighted by atomic mass is 10.1. The molecular formula is C15H17NO4. The van der Waals surface area contributed by atoms with E-state index in [1.807, 2.05) is 32.0 Å². The van der Waals surface area contributed by atoms with Crippen LogP contribution >= 0.6 is 0 Å². The van der Waals surface area contributed by atoms with E-state index in [1.54, 1.807) is 6.92 Å². The largest absolute Gasteiger partial charge is 0.470 e. The number of esters is 1. The van der Waals surface area contributed by atoms with Crippen LogP contribution in [0.4, 0.5) is 5.69 Å². The first-order valence-corrected chi connectivity index (χ1v) is 6.44. The third-order valence-corrected chi connectivity index (χ3v) is 2.81. The lowest BCUT2D eigenvalue weighted by molar-refractivity contribution is -0.139. The van der Waals surface area contributed by atoms with Crippen LogP contribution < -0.4 is 5.32 Å². The van der Waals surface area contributed by atoms with Gasteiger partial charge in [0.15, 0.2) is 12.2 Å². The minimum absolute atomic E-state index is 0.0500. The molecule has 0 saturated heterocycles. The Hall–Kier alpha value is -2.30. The standard InChI is InChI=1S/C15H17NO4/c1-4-19-15(18)13-12(17)8-20-14(13)16-11-6-9(2)5-10(3)7-11/h5-7,16H,4,8H2,1-3H3. The Morgan fingerprint density at radius 3 is 2.55 bits per heavy atom. The zero-order valence-electron chi connectivity index (χ0n) is 11.8. The molecule has 1 heterocycles. The number of rotatable bonds is 4. The number of hydrogen-bond donors (Lipinski definition) is 1. The summed E-state index contributed by atoms with van der Waals surface area (Å²) in [5.41, 5.74) is 2.88. The average Bonchev–Trinajstić information content (AvgIpc) is 2.69. The van der Waals surface area contributed by atoms with Crippen LogP contribution in [0.25, 0.3) is 0 Å². The summed E-state index contributed by atoms with van der Waals surface area (Å²) < 4.78 is 10.1. The van der Waals surface area contributed by atoms with Gasteiger partial charge < -0.3 is 14.8 Å². The monoisotopic (exact) mass is 275 g/mol. The number of ketones is 1. The van der Waals surface area contributed by atoms with Crippen molar-refractivity contribution < 1.29 is 19.1 Å². The Bertz CT molecular complexity index is 569. The van der Waals surface area contributed by atoms with Gasteiger partial charge in [0, 0.05) is 5.69 Å². The third kappa shape index (κ3) is 2.99. The lowest BCUT2D eigenvalue weighted by Crippen LogP contribution is -2.16. The number of carbonyl (C=O) groups is 2. The van der Waals surface area contributed by atoms with Gasteiger partial charge in [0.2, 0.25) is 11.7 Å². The summed E-state index contributed by atoms with van der Waals surface area (Å²) in [6, 6.07) is 5.86. The second-order valence-corrected chi connectivity index (χ2v) is 4.64. The van der Waals surface area contributed by atoms with Gasteiger partial charge >= 0.3 is 5.97 Å². The molecular weight excluding hydrogens is 258 g/mol. The normalized spacial score (nSPS) is 14.2. The van der Waals surface area contributed by atoms with Gasteiger partial charge in [0.1, 0.15) is 0 Å². The third-order valence-electron chi connectivity index (χ3n) is 2.81. The molecule has 1 N–H and O–H groups in total. The highest BCUT2D eigenvalue weighted by Crippen LogP contribution is 2.22. The number of aryl methyl sites for hydroxylation is 2. The molecule has 1 aliphatic rings. The van der Waals surface area contributed by atoms with Gasteiger partial charge in [-0.1, -0.05) is 6.07 Å². The molecule has 1 aromatic rings. The van der Waals surface area contributed by atoms with Crippen molar-refractivity contribution in [3.05, 3.63) is 40.8 Å². The van der Waals surface area contributed by atoms with Crippen LogP contribution in [0.2, 0.25) is 0 Å². The van der Waals surface area contributed by atoms with Crippen molar-refractivity contribution in [3.63, 3.8) is 0 Å². The first-order valence-electron chi connectivity index (χ1n) is 6.44. The zero-order chi connectivity index (χ0) is 14.7. The van der Waals surface area contributed by atoms with Crippen LogP contribution in [0, 0.1) is 13.8 Å². The second-order valence-electron chi connectivity index (χ2n) is 4.64. The minimum Gasteiger partial charge on any atom is -0.470 e. The highest BCUT2D eigenvalue weighted by atomic mass is 16.5. The van der Waals surface area contributed by atoms with E-state index >= 15 is 0 Å². The molecule has 0 aliphatic carbocycles. The van der Waals surface area contributed by atoms with E-state index in [0.717, 1.165) is 16.8 Å². The molecule has 1 aliphatic heterocycles. The molecule has 106 valence electrons. The molecule has 20 heavy (non-hydrogen) atoms. The van der Waals surface area contributed by atoms with Crippen LogP contribution in [-0.2, 0) is 19.1 Å². The van der Waals surface area contributed by atoms with Crippen LogP contribution in [-0.4, -0.2) is 25.0 Å². The SMILES string of the molecule is CCOC(=O)C1=C(Nc2cc(C)cc(C)c2)OCC1=O. The van der Waals surface area contributed by atoms with Crippen LogP contribution in [0.5, 0.6) is 0 Å². The van der Waals surface area contributed by atoms with Gasteiger partial charge in [0.05, 0.1) is 6.61 Å². The molecule has 2 rings (SSSR count). The zero-order valence-corrected chi connectivity index (χ0v) is 11.8. The summed E-state index contributed by atoms with van der Waals surface area (Å²) >= 11 is 0. The molecule has 0 saturated carbocycles. The number of carbonyl (C=O) groups excluding carboxylic acids is 2. The smallest absolute Gasteiger partial charge is 0.347 e. The molecule has 0 radical (unpaired) electrons. The summed E-state index contributed by atoms with van der Waals surface area (Å²) in [5.74, 6) is -0.851. The quantitative estimate of drug-likeness (QED) is 0.673. The average molecular weight is 275 g/mol. The van der Waals surface area contributed by atoms with Crippen LogP contribution in [0.1, 0.15) is 18.1 Å². The first kappa shape index (κ1) is 14.1. The number of hydrogen-bond acceptors (Lipinski definition) is 5. The Morgan fingerprint density at radius 2 is 1.95 bits per heavy atom. The number of anilines is 1. The van der Waals surface area contributed by atoms with E-state index in [-0.39, 0.29) is 30.5 Å². The van der Waals surface area contributed by atoms with Crippen molar-refractivity contribution in [2.45, 2.75) is 20.8 Å². The highest BCUT2D eigenvalue weighted by molar-refractivity contribution is 6.19. The molecule has 5 heteroatoms. The maximum atomic E-state index is 11.8. The Morgan fingerprint density at radius 1 is 1.30 bits per heavy atom. The van der Waals surface area contributed by atoms with E-state index in [2.05, 4.69) is 5.32 Å². The van der Waals surface area contributed by atoms with Crippen molar-refractivity contribution in [1.82, 2.24) is 0 Å². The topological polar surface area (TPSA) is 64.6 Å². The van der Waals surface area contributed by atoms with E-state index in [9.17, 15) is 9.59 Å². The number of benzene rings is 1. The minimum atomic E-state index is -0.651. The molecule has 0 bridgehead atoms. The second kappa shape index (κ2) is 5.77. The number of Topliss-reactive ketones (excluding diaryl/α,β-unsaturated/α-hetero) is 1. The van der Waals surface area contributed by atoms with Crippen molar-refractivity contribution in [3.8, 4) is 0 Å². The maximum Gasteiger partial charge on any atom is 0.347 e. The van der Waals surface area contributed by atoms with E-state index in [4.69, 9.17) is 9.47 Å². The summed E-state index contributed by atoms with van der Waals surface area (Å²) in [7, 11) is 0. The lowest BCUT2D eigenvalue weighted by Gasteiger charge is -2.10. The van der Waals surface area contributed by atoms with Gasteiger partial charge in [-0.2, -0.15) is 0 Å². The Labute approximate surface area is 117 Å². The van der Waals surface area contributed by atoms with Crippen molar-refractivity contribution in [2.24, 2.45) is 0 Å². The van der Waals surface area contributed by atoms with Crippen molar-refractivity contribution >= 4 is 17.4 Å². The molecule has 0 amide bonds. The molecule has 1 aromatic carbocycles. The number of ether oxygens (including phenoxy) is 2. The molecule has 0 unspecified atom stereocenters. The molecule has 5 nitrogen and oxygen atoms in total. The fourth-order valence-electron chi connectivity index (χ4n) is 2.10. The fraction of sp³-hybridized carbons (Fsp3) is 0.333. The maximum absolute atomic E-state index is 11.8. The van der Waals surface area contributed by atoms with E-state index in [0.29, 0.717) is 0 Å². The summed E-state index contributed by atoms with van der Waals surface area (Å²) in [6.45, 7) is 5.71. The van der Waals surface area contributed by atoms with Gasteiger partial charge in [-0.25, -0.2) is 4.79 Å². The molecule has 0 fully saturated rings. The highest BCUT2D eigenvalue weighted by Gasteiger charge is 2.32. The number of nitrogens with one attached hydrogen (secondary N) is 1. The predicted molar refractivity (Wildman–Crippen MR) is 74.2 cm³/mol. The predicted octanol–water partition coefficient (Wildman–Crippen LogP) is 2.09. The van der Waals surface area contributed by atoms with Gasteiger partial charge in [0.25, 0.3) is 0 Å². The van der Waals surface area contributed by atoms with Crippen molar-refractivity contribution in [2.75, 3.05) is 18.5 Å². The van der Waals surface area contributed by atoms with Gasteiger partial charge in [-0.15, -0.1) is 0 Å². The summed E-state index contributed by atoms with van der Waals surface area (Å²) in [4.78, 5) is 23.5. The molecule has 0 aromatic heterocycles. The van der Waals surface area contributed by atoms with Crippen LogP contribution in [0.3, 0.4) is 0 Å². The van der Waals surface area contributed by atoms with E-state index in [1.165, 1.54) is 0 Å². The Balaban J connectivity index is 2.29. The summed E-state index contributed by atoms with van der Waals surface area (Å²) in [6.07, 6.45) is 0. The first-order chi connectivity index (χ1) is 9.51.